The third kappa shape index (κ3) is 3.07. The molecule has 0 spiro atoms. The number of hydrogen-bond donors (Lipinski definition) is 1. The van der Waals surface area contributed by atoms with E-state index in [-0.39, 0.29) is 11.9 Å². The van der Waals surface area contributed by atoms with E-state index in [1.54, 1.807) is 28.2 Å². The predicted molar refractivity (Wildman–Crippen MR) is 73.0 cm³/mol. The molecule has 1 aromatic rings. The molecule has 19 heavy (non-hydrogen) atoms. The Balaban J connectivity index is 1.95. The molecule has 1 fully saturated rings. The molecule has 2 amide bonds. The van der Waals surface area contributed by atoms with Gasteiger partial charge in [0, 0.05) is 26.7 Å². The summed E-state index contributed by atoms with van der Waals surface area (Å²) in [6.07, 6.45) is 0. The summed E-state index contributed by atoms with van der Waals surface area (Å²) in [5.41, 5.74) is 1.10. The summed E-state index contributed by atoms with van der Waals surface area (Å²) in [7, 11) is 1.75. The minimum absolute atomic E-state index is 0.0102. The molecule has 1 saturated heterocycles. The number of thiophene rings is 1. The molecular formula is C13H18N2O3S. The number of rotatable bonds is 3. The molecule has 0 bridgehead atoms. The Morgan fingerprint density at radius 3 is 2.79 bits per heavy atom. The largest absolute Gasteiger partial charge is 0.481 e. The maximum atomic E-state index is 12.2. The van der Waals surface area contributed by atoms with E-state index in [9.17, 15) is 9.59 Å². The van der Waals surface area contributed by atoms with Crippen LogP contribution in [0.3, 0.4) is 0 Å². The van der Waals surface area contributed by atoms with E-state index in [4.69, 9.17) is 5.11 Å². The number of carboxylic acids is 1. The van der Waals surface area contributed by atoms with Crippen LogP contribution in [0.2, 0.25) is 0 Å². The van der Waals surface area contributed by atoms with E-state index in [1.807, 2.05) is 23.8 Å². The summed E-state index contributed by atoms with van der Waals surface area (Å²) < 4.78 is 0. The zero-order valence-corrected chi connectivity index (χ0v) is 11.9. The van der Waals surface area contributed by atoms with Gasteiger partial charge in [0.05, 0.1) is 5.92 Å². The molecule has 2 heterocycles. The average molecular weight is 282 g/mol. The van der Waals surface area contributed by atoms with Crippen molar-refractivity contribution in [3.8, 4) is 0 Å². The highest BCUT2D eigenvalue weighted by Crippen LogP contribution is 2.24. The van der Waals surface area contributed by atoms with E-state index >= 15 is 0 Å². The molecule has 2 rings (SSSR count). The number of hydrogen-bond acceptors (Lipinski definition) is 3. The second-order valence-electron chi connectivity index (χ2n) is 5.10. The van der Waals surface area contributed by atoms with Crippen molar-refractivity contribution < 1.29 is 14.7 Å². The van der Waals surface area contributed by atoms with Crippen molar-refractivity contribution >= 4 is 23.3 Å². The van der Waals surface area contributed by atoms with Crippen molar-refractivity contribution in [2.75, 3.05) is 20.1 Å². The topological polar surface area (TPSA) is 60.9 Å². The summed E-state index contributed by atoms with van der Waals surface area (Å²) in [6.45, 7) is 3.27. The van der Waals surface area contributed by atoms with E-state index in [0.717, 1.165) is 5.56 Å². The standard InChI is InChI=1S/C13H18N2O3S/c1-9-5-15(7-11(9)12(16)17)13(18)14(2)6-10-3-4-19-8-10/h3-4,8-9,11H,5-7H2,1-2H3,(H,16,17). The first-order chi connectivity index (χ1) is 8.99. The van der Waals surface area contributed by atoms with Crippen LogP contribution in [0, 0.1) is 11.8 Å². The van der Waals surface area contributed by atoms with Crippen LogP contribution < -0.4 is 0 Å². The number of carboxylic acid groups (broad SMARTS) is 1. The van der Waals surface area contributed by atoms with Crippen LogP contribution >= 0.6 is 11.3 Å². The van der Waals surface area contributed by atoms with Crippen LogP contribution in [0.5, 0.6) is 0 Å². The first-order valence-corrected chi connectivity index (χ1v) is 7.17. The maximum Gasteiger partial charge on any atom is 0.320 e. The van der Waals surface area contributed by atoms with Gasteiger partial charge in [-0.1, -0.05) is 6.92 Å². The van der Waals surface area contributed by atoms with Gasteiger partial charge in [0.2, 0.25) is 0 Å². The van der Waals surface area contributed by atoms with Crippen LogP contribution in [0.25, 0.3) is 0 Å². The predicted octanol–water partition coefficient (Wildman–Crippen LogP) is 1.95. The highest BCUT2D eigenvalue weighted by molar-refractivity contribution is 7.07. The van der Waals surface area contributed by atoms with E-state index in [1.165, 1.54) is 0 Å². The Bertz CT molecular complexity index is 460. The third-order valence-corrected chi connectivity index (χ3v) is 4.26. The van der Waals surface area contributed by atoms with Gasteiger partial charge in [-0.3, -0.25) is 4.79 Å². The van der Waals surface area contributed by atoms with E-state index < -0.39 is 11.9 Å². The van der Waals surface area contributed by atoms with Gasteiger partial charge in [0.1, 0.15) is 0 Å². The summed E-state index contributed by atoms with van der Waals surface area (Å²) in [6, 6.07) is 1.89. The molecule has 0 radical (unpaired) electrons. The molecule has 1 N–H and O–H groups in total. The lowest BCUT2D eigenvalue weighted by atomic mass is 9.99. The number of amides is 2. The summed E-state index contributed by atoms with van der Waals surface area (Å²) in [4.78, 5) is 26.6. The fraction of sp³-hybridized carbons (Fsp3) is 0.538. The van der Waals surface area contributed by atoms with Gasteiger partial charge < -0.3 is 14.9 Å². The fourth-order valence-corrected chi connectivity index (χ4v) is 3.07. The van der Waals surface area contributed by atoms with Gasteiger partial charge in [-0.05, 0) is 28.3 Å². The fourth-order valence-electron chi connectivity index (χ4n) is 2.41. The van der Waals surface area contributed by atoms with Crippen LogP contribution in [-0.4, -0.2) is 47.0 Å². The zero-order valence-electron chi connectivity index (χ0n) is 11.1. The minimum atomic E-state index is -0.816. The molecule has 1 aliphatic rings. The normalized spacial score (nSPS) is 22.5. The summed E-state index contributed by atoms with van der Waals surface area (Å²) in [5.74, 6) is -1.25. The monoisotopic (exact) mass is 282 g/mol. The highest BCUT2D eigenvalue weighted by atomic mass is 32.1. The molecule has 6 heteroatoms. The van der Waals surface area contributed by atoms with Gasteiger partial charge in [0.15, 0.2) is 0 Å². The molecule has 1 aliphatic heterocycles. The van der Waals surface area contributed by atoms with Crippen molar-refractivity contribution in [3.63, 3.8) is 0 Å². The van der Waals surface area contributed by atoms with Crippen molar-refractivity contribution in [3.05, 3.63) is 22.4 Å². The first-order valence-electron chi connectivity index (χ1n) is 6.23. The lowest BCUT2D eigenvalue weighted by Gasteiger charge is -2.24. The zero-order chi connectivity index (χ0) is 14.0. The van der Waals surface area contributed by atoms with Crippen LogP contribution in [0.15, 0.2) is 16.8 Å². The van der Waals surface area contributed by atoms with Crippen LogP contribution in [-0.2, 0) is 11.3 Å². The van der Waals surface area contributed by atoms with Crippen molar-refractivity contribution in [2.45, 2.75) is 13.5 Å². The number of nitrogens with zero attached hydrogens (tertiary/aromatic N) is 2. The van der Waals surface area contributed by atoms with Gasteiger partial charge in [0.25, 0.3) is 0 Å². The summed E-state index contributed by atoms with van der Waals surface area (Å²) >= 11 is 1.60. The number of aliphatic carboxylic acids is 1. The van der Waals surface area contributed by atoms with Gasteiger partial charge in [-0.25, -0.2) is 4.79 Å². The minimum Gasteiger partial charge on any atom is -0.481 e. The maximum absolute atomic E-state index is 12.2. The Morgan fingerprint density at radius 2 is 2.26 bits per heavy atom. The van der Waals surface area contributed by atoms with Gasteiger partial charge >= 0.3 is 12.0 Å². The molecule has 5 nitrogen and oxygen atoms in total. The van der Waals surface area contributed by atoms with Crippen LogP contribution in [0.1, 0.15) is 12.5 Å². The van der Waals surface area contributed by atoms with Gasteiger partial charge in [-0.15, -0.1) is 0 Å². The van der Waals surface area contributed by atoms with Crippen molar-refractivity contribution in [2.24, 2.45) is 11.8 Å². The quantitative estimate of drug-likeness (QED) is 0.921. The number of carbonyl (C=O) groups is 2. The van der Waals surface area contributed by atoms with Crippen LogP contribution in [0.4, 0.5) is 4.79 Å². The molecule has 1 aromatic heterocycles. The van der Waals surface area contributed by atoms with E-state index in [0.29, 0.717) is 19.6 Å². The molecule has 2 unspecified atom stereocenters. The van der Waals surface area contributed by atoms with Crippen molar-refractivity contribution in [1.82, 2.24) is 9.80 Å². The Kier molecular flexibility index (Phi) is 4.09. The molecule has 104 valence electrons. The number of carbonyl (C=O) groups excluding carboxylic acids is 1. The Hall–Kier alpha value is -1.56. The first kappa shape index (κ1) is 13.9. The molecule has 2 atom stereocenters. The number of urea groups is 1. The molecular weight excluding hydrogens is 264 g/mol. The Morgan fingerprint density at radius 1 is 1.53 bits per heavy atom. The Labute approximate surface area is 116 Å². The molecule has 0 aromatic carbocycles. The SMILES string of the molecule is CC1CN(C(=O)N(C)Cc2ccsc2)CC1C(=O)O. The molecule has 0 aliphatic carbocycles. The van der Waals surface area contributed by atoms with Gasteiger partial charge in [-0.2, -0.15) is 11.3 Å². The second-order valence-corrected chi connectivity index (χ2v) is 5.88. The van der Waals surface area contributed by atoms with E-state index in [2.05, 4.69) is 0 Å². The average Bonchev–Trinajstić information content (AvgIpc) is 2.97. The smallest absolute Gasteiger partial charge is 0.320 e. The summed E-state index contributed by atoms with van der Waals surface area (Å²) in [5, 5.41) is 13.1. The lowest BCUT2D eigenvalue weighted by molar-refractivity contribution is -0.142. The highest BCUT2D eigenvalue weighted by Gasteiger charge is 2.37. The molecule has 0 saturated carbocycles. The van der Waals surface area contributed by atoms with Crippen molar-refractivity contribution in [1.29, 1.82) is 0 Å². The number of likely N-dealkylation sites (tertiary alicyclic amines) is 1. The second kappa shape index (κ2) is 5.61. The lowest BCUT2D eigenvalue weighted by Crippen LogP contribution is -2.39. The third-order valence-electron chi connectivity index (χ3n) is 3.53.